The summed E-state index contributed by atoms with van der Waals surface area (Å²) in [6, 6.07) is 1.66. The summed E-state index contributed by atoms with van der Waals surface area (Å²) in [5, 5.41) is 3.68. The zero-order chi connectivity index (χ0) is 11.2. The van der Waals surface area contributed by atoms with Crippen molar-refractivity contribution in [3.8, 4) is 0 Å². The van der Waals surface area contributed by atoms with Crippen LogP contribution in [0.15, 0.2) is 0 Å². The van der Waals surface area contributed by atoms with Crippen LogP contribution in [0.5, 0.6) is 0 Å². The minimum atomic E-state index is 0. The summed E-state index contributed by atoms with van der Waals surface area (Å²) >= 11 is 0. The molecule has 0 aromatic heterocycles. The number of halogens is 2. The largest absolute Gasteiger partial charge is 0.313 e. The molecule has 0 aromatic carbocycles. The van der Waals surface area contributed by atoms with Gasteiger partial charge in [-0.25, -0.2) is 0 Å². The quantitative estimate of drug-likeness (QED) is 0.852. The fourth-order valence-corrected chi connectivity index (χ4v) is 3.35. The first-order chi connectivity index (χ1) is 7.90. The van der Waals surface area contributed by atoms with Gasteiger partial charge in [-0.2, -0.15) is 0 Å². The van der Waals surface area contributed by atoms with E-state index in [9.17, 15) is 0 Å². The Morgan fingerprint density at radius 3 is 2.17 bits per heavy atom. The third-order valence-corrected chi connectivity index (χ3v) is 4.36. The highest BCUT2D eigenvalue weighted by Gasteiger charge is 2.23. The predicted octanol–water partition coefficient (Wildman–Crippen LogP) is 3.63. The van der Waals surface area contributed by atoms with Crippen LogP contribution in [-0.4, -0.2) is 36.6 Å². The summed E-state index contributed by atoms with van der Waals surface area (Å²) in [5.74, 6) is 0. The molecule has 1 saturated heterocycles. The van der Waals surface area contributed by atoms with Gasteiger partial charge in [0.1, 0.15) is 0 Å². The van der Waals surface area contributed by atoms with E-state index in [0.717, 1.165) is 12.1 Å². The molecule has 0 bridgehead atoms. The van der Waals surface area contributed by atoms with E-state index in [1.165, 1.54) is 71.0 Å². The van der Waals surface area contributed by atoms with Gasteiger partial charge in [-0.1, -0.05) is 32.6 Å². The summed E-state index contributed by atoms with van der Waals surface area (Å²) in [4.78, 5) is 2.74. The molecule has 0 aromatic rings. The van der Waals surface area contributed by atoms with Crippen molar-refractivity contribution in [2.45, 2.75) is 70.4 Å². The topological polar surface area (TPSA) is 15.3 Å². The van der Waals surface area contributed by atoms with Gasteiger partial charge in [0.05, 0.1) is 0 Å². The van der Waals surface area contributed by atoms with Crippen LogP contribution in [0, 0.1) is 0 Å². The smallest absolute Gasteiger partial charge is 0.0195 e. The summed E-state index contributed by atoms with van der Waals surface area (Å²) in [6.07, 6.45) is 11.5. The zero-order valence-electron chi connectivity index (χ0n) is 11.7. The maximum absolute atomic E-state index is 3.68. The van der Waals surface area contributed by atoms with Gasteiger partial charge in [-0.15, -0.1) is 24.8 Å². The molecule has 2 rings (SSSR count). The normalized spacial score (nSPS) is 25.3. The van der Waals surface area contributed by atoms with Crippen molar-refractivity contribution in [2.24, 2.45) is 0 Å². The summed E-state index contributed by atoms with van der Waals surface area (Å²) in [5.41, 5.74) is 0. The molecule has 1 saturated carbocycles. The number of hydrogen-bond donors (Lipinski definition) is 1. The molecule has 0 radical (unpaired) electrons. The van der Waals surface area contributed by atoms with E-state index in [1.807, 2.05) is 0 Å². The van der Waals surface area contributed by atoms with Gasteiger partial charge in [-0.05, 0) is 38.8 Å². The first-order valence-electron chi connectivity index (χ1n) is 7.37. The van der Waals surface area contributed by atoms with Crippen LogP contribution in [0.3, 0.4) is 0 Å². The van der Waals surface area contributed by atoms with Gasteiger partial charge in [0.15, 0.2) is 0 Å². The zero-order valence-corrected chi connectivity index (χ0v) is 13.3. The first-order valence-corrected chi connectivity index (χ1v) is 7.37. The lowest BCUT2D eigenvalue weighted by Crippen LogP contribution is -2.47. The molecular formula is C14H30Cl2N2. The number of piperidine rings is 1. The number of hydrogen-bond acceptors (Lipinski definition) is 2. The molecule has 4 heteroatoms. The van der Waals surface area contributed by atoms with E-state index >= 15 is 0 Å². The minimum Gasteiger partial charge on any atom is -0.313 e. The summed E-state index contributed by atoms with van der Waals surface area (Å²) < 4.78 is 0. The lowest BCUT2D eigenvalue weighted by molar-refractivity contribution is 0.141. The average molecular weight is 297 g/mol. The Bertz CT molecular complexity index is 190. The molecule has 18 heavy (non-hydrogen) atoms. The standard InChI is InChI=1S/C14H28N2.2ClH/c1-2-16(14-9-4-3-5-10-14)12-13-8-6-7-11-15-13;;/h13-15H,2-12H2,1H3;2*1H. The van der Waals surface area contributed by atoms with Crippen LogP contribution in [-0.2, 0) is 0 Å². The second kappa shape index (κ2) is 10.3. The van der Waals surface area contributed by atoms with Gasteiger partial charge in [-0.3, -0.25) is 4.90 Å². The Labute approximate surface area is 125 Å². The van der Waals surface area contributed by atoms with Crippen LogP contribution in [0.25, 0.3) is 0 Å². The van der Waals surface area contributed by atoms with Crippen molar-refractivity contribution in [2.75, 3.05) is 19.6 Å². The van der Waals surface area contributed by atoms with Gasteiger partial charge in [0.2, 0.25) is 0 Å². The summed E-state index contributed by atoms with van der Waals surface area (Å²) in [6.45, 7) is 6.11. The second-order valence-corrected chi connectivity index (χ2v) is 5.53. The Balaban J connectivity index is 0.00000144. The molecule has 1 aliphatic heterocycles. The average Bonchev–Trinajstić information content (AvgIpc) is 2.38. The maximum atomic E-state index is 3.68. The van der Waals surface area contributed by atoms with Crippen LogP contribution in [0.2, 0.25) is 0 Å². The first kappa shape index (κ1) is 18.5. The molecule has 1 unspecified atom stereocenters. The number of nitrogens with one attached hydrogen (secondary N) is 1. The second-order valence-electron chi connectivity index (χ2n) is 5.53. The molecule has 1 aliphatic carbocycles. The minimum absolute atomic E-state index is 0. The highest BCUT2D eigenvalue weighted by atomic mass is 35.5. The van der Waals surface area contributed by atoms with E-state index in [4.69, 9.17) is 0 Å². The van der Waals surface area contributed by atoms with Crippen molar-refractivity contribution in [3.05, 3.63) is 0 Å². The SMILES string of the molecule is CCN(CC1CCCCN1)C1CCCCC1.Cl.Cl. The van der Waals surface area contributed by atoms with Crippen LogP contribution in [0.1, 0.15) is 58.3 Å². The van der Waals surface area contributed by atoms with Crippen molar-refractivity contribution in [1.29, 1.82) is 0 Å². The summed E-state index contributed by atoms with van der Waals surface area (Å²) in [7, 11) is 0. The number of likely N-dealkylation sites (N-methyl/N-ethyl adjacent to an activating group) is 1. The molecule has 2 nitrogen and oxygen atoms in total. The lowest BCUT2D eigenvalue weighted by atomic mass is 9.93. The van der Waals surface area contributed by atoms with Crippen molar-refractivity contribution in [3.63, 3.8) is 0 Å². The highest BCUT2D eigenvalue weighted by Crippen LogP contribution is 2.23. The molecular weight excluding hydrogens is 267 g/mol. The van der Waals surface area contributed by atoms with Crippen molar-refractivity contribution in [1.82, 2.24) is 10.2 Å². The van der Waals surface area contributed by atoms with Crippen molar-refractivity contribution < 1.29 is 0 Å². The van der Waals surface area contributed by atoms with Gasteiger partial charge in [0.25, 0.3) is 0 Å². The third-order valence-electron chi connectivity index (χ3n) is 4.36. The van der Waals surface area contributed by atoms with E-state index in [2.05, 4.69) is 17.1 Å². The Morgan fingerprint density at radius 1 is 0.944 bits per heavy atom. The molecule has 1 N–H and O–H groups in total. The monoisotopic (exact) mass is 296 g/mol. The number of nitrogens with zero attached hydrogens (tertiary/aromatic N) is 1. The Hall–Kier alpha value is 0.500. The van der Waals surface area contributed by atoms with Gasteiger partial charge in [0, 0.05) is 18.6 Å². The molecule has 110 valence electrons. The molecule has 0 spiro atoms. The highest BCUT2D eigenvalue weighted by molar-refractivity contribution is 5.85. The van der Waals surface area contributed by atoms with Gasteiger partial charge < -0.3 is 5.32 Å². The van der Waals surface area contributed by atoms with Crippen LogP contribution in [0.4, 0.5) is 0 Å². The third kappa shape index (κ3) is 5.64. The van der Waals surface area contributed by atoms with E-state index in [0.29, 0.717) is 0 Å². The van der Waals surface area contributed by atoms with E-state index in [-0.39, 0.29) is 24.8 Å². The molecule has 1 heterocycles. The molecule has 2 aliphatic rings. The van der Waals surface area contributed by atoms with Gasteiger partial charge >= 0.3 is 0 Å². The van der Waals surface area contributed by atoms with Crippen LogP contribution < -0.4 is 5.32 Å². The predicted molar refractivity (Wildman–Crippen MR) is 84.3 cm³/mol. The Morgan fingerprint density at radius 2 is 1.61 bits per heavy atom. The molecule has 0 amide bonds. The molecule has 1 atom stereocenters. The fourth-order valence-electron chi connectivity index (χ4n) is 3.35. The maximum Gasteiger partial charge on any atom is 0.0195 e. The number of rotatable bonds is 4. The fraction of sp³-hybridized carbons (Fsp3) is 1.00. The molecule has 2 fully saturated rings. The van der Waals surface area contributed by atoms with Crippen molar-refractivity contribution >= 4 is 24.8 Å². The lowest BCUT2D eigenvalue weighted by Gasteiger charge is -2.37. The Kier molecular flexibility index (Phi) is 10.6. The van der Waals surface area contributed by atoms with E-state index < -0.39 is 0 Å². The van der Waals surface area contributed by atoms with E-state index in [1.54, 1.807) is 0 Å². The van der Waals surface area contributed by atoms with Crippen LogP contribution >= 0.6 is 24.8 Å².